The van der Waals surface area contributed by atoms with Gasteiger partial charge in [-0.1, -0.05) is 19.3 Å². The molecule has 1 aliphatic rings. The van der Waals surface area contributed by atoms with Crippen LogP contribution in [0.5, 0.6) is 0 Å². The summed E-state index contributed by atoms with van der Waals surface area (Å²) in [5, 5.41) is 1.97. The van der Waals surface area contributed by atoms with E-state index >= 15 is 0 Å². The molecular formula is C18H22NO2S+. The molecule has 0 aromatic carbocycles. The van der Waals surface area contributed by atoms with Gasteiger partial charge in [0.25, 0.3) is 0 Å². The van der Waals surface area contributed by atoms with Crippen LogP contribution in [0.25, 0.3) is 11.1 Å². The van der Waals surface area contributed by atoms with Crippen molar-refractivity contribution in [2.75, 3.05) is 7.11 Å². The molecule has 2 heterocycles. The van der Waals surface area contributed by atoms with Crippen molar-refractivity contribution in [3.8, 4) is 11.1 Å². The van der Waals surface area contributed by atoms with Crippen LogP contribution in [0, 0.1) is 0 Å². The van der Waals surface area contributed by atoms with Crippen molar-refractivity contribution in [2.45, 2.75) is 38.0 Å². The van der Waals surface area contributed by atoms with E-state index in [0.29, 0.717) is 10.8 Å². The second-order valence-corrected chi connectivity index (χ2v) is 6.89. The molecule has 1 fully saturated rings. The van der Waals surface area contributed by atoms with Crippen LogP contribution in [0.4, 0.5) is 0 Å². The van der Waals surface area contributed by atoms with Gasteiger partial charge in [-0.3, -0.25) is 0 Å². The Balaban J connectivity index is 2.07. The Morgan fingerprint density at radius 2 is 2.00 bits per heavy atom. The van der Waals surface area contributed by atoms with E-state index in [4.69, 9.17) is 4.74 Å². The third kappa shape index (κ3) is 2.93. The Hall–Kier alpha value is -1.68. The Labute approximate surface area is 135 Å². The molecule has 0 amide bonds. The van der Waals surface area contributed by atoms with E-state index in [1.54, 1.807) is 0 Å². The minimum Gasteiger partial charge on any atom is -0.465 e. The SMILES string of the molecule is COC(=O)c1sccc1-c1cc[n+](C)cc1C1CCCCC1. The van der Waals surface area contributed by atoms with Crippen molar-refractivity contribution in [2.24, 2.45) is 7.05 Å². The summed E-state index contributed by atoms with van der Waals surface area (Å²) >= 11 is 1.46. The number of rotatable bonds is 3. The molecule has 0 atom stereocenters. The molecule has 0 N–H and O–H groups in total. The lowest BCUT2D eigenvalue weighted by atomic mass is 9.81. The smallest absolute Gasteiger partial charge is 0.348 e. The average molecular weight is 316 g/mol. The van der Waals surface area contributed by atoms with Gasteiger partial charge in [0.2, 0.25) is 0 Å². The topological polar surface area (TPSA) is 30.2 Å². The van der Waals surface area contributed by atoms with Gasteiger partial charge >= 0.3 is 5.97 Å². The maximum absolute atomic E-state index is 12.0. The normalized spacial score (nSPS) is 15.7. The van der Waals surface area contributed by atoms with Crippen LogP contribution in [-0.2, 0) is 11.8 Å². The number of hydrogen-bond acceptors (Lipinski definition) is 3. The van der Waals surface area contributed by atoms with Gasteiger partial charge < -0.3 is 4.74 Å². The summed E-state index contributed by atoms with van der Waals surface area (Å²) in [4.78, 5) is 12.7. The second kappa shape index (κ2) is 6.61. The standard InChI is InChI=1S/C18H22NO2S/c1-19-10-8-14(15-9-11-22-17(15)18(20)21-2)16(12-19)13-6-4-3-5-7-13/h8-13H,3-7H2,1-2H3/q+1. The molecule has 4 heteroatoms. The van der Waals surface area contributed by atoms with Gasteiger partial charge in [-0.15, -0.1) is 11.3 Å². The zero-order valence-electron chi connectivity index (χ0n) is 13.2. The summed E-state index contributed by atoms with van der Waals surface area (Å²) in [6, 6.07) is 4.18. The summed E-state index contributed by atoms with van der Waals surface area (Å²) in [7, 11) is 3.50. The van der Waals surface area contributed by atoms with Gasteiger partial charge in [0.1, 0.15) is 11.9 Å². The summed E-state index contributed by atoms with van der Waals surface area (Å²) in [6.45, 7) is 0. The van der Waals surface area contributed by atoms with Gasteiger partial charge in [-0.25, -0.2) is 9.36 Å². The molecular weight excluding hydrogens is 294 g/mol. The first-order valence-electron chi connectivity index (χ1n) is 7.86. The fourth-order valence-electron chi connectivity index (χ4n) is 3.38. The maximum Gasteiger partial charge on any atom is 0.348 e. The van der Waals surface area contributed by atoms with Crippen molar-refractivity contribution in [1.82, 2.24) is 0 Å². The lowest BCUT2D eigenvalue weighted by Crippen LogP contribution is -2.28. The maximum atomic E-state index is 12.0. The van der Waals surface area contributed by atoms with Crippen molar-refractivity contribution >= 4 is 17.3 Å². The van der Waals surface area contributed by atoms with E-state index in [1.807, 2.05) is 11.4 Å². The van der Waals surface area contributed by atoms with Gasteiger partial charge in [-0.05, 0) is 35.8 Å². The zero-order valence-corrected chi connectivity index (χ0v) is 14.0. The van der Waals surface area contributed by atoms with Crippen molar-refractivity contribution in [3.05, 3.63) is 40.3 Å². The number of carbonyl (C=O) groups is 1. The molecule has 2 aromatic heterocycles. The van der Waals surface area contributed by atoms with Crippen molar-refractivity contribution in [1.29, 1.82) is 0 Å². The average Bonchev–Trinajstić information content (AvgIpc) is 3.04. The molecule has 22 heavy (non-hydrogen) atoms. The molecule has 0 bridgehead atoms. The fourth-order valence-corrected chi connectivity index (χ4v) is 4.20. The molecule has 0 radical (unpaired) electrons. The molecule has 3 rings (SSSR count). The van der Waals surface area contributed by atoms with E-state index in [0.717, 1.165) is 5.56 Å². The minimum absolute atomic E-state index is 0.243. The van der Waals surface area contributed by atoms with Gasteiger partial charge in [0, 0.05) is 17.2 Å². The molecule has 0 unspecified atom stereocenters. The highest BCUT2D eigenvalue weighted by atomic mass is 32.1. The van der Waals surface area contributed by atoms with Crippen LogP contribution in [0.3, 0.4) is 0 Å². The quantitative estimate of drug-likeness (QED) is 0.631. The van der Waals surface area contributed by atoms with Crippen LogP contribution < -0.4 is 4.57 Å². The van der Waals surface area contributed by atoms with Crippen LogP contribution >= 0.6 is 11.3 Å². The van der Waals surface area contributed by atoms with Crippen LogP contribution in [0.2, 0.25) is 0 Å². The third-order valence-electron chi connectivity index (χ3n) is 4.50. The van der Waals surface area contributed by atoms with Crippen LogP contribution in [0.15, 0.2) is 29.9 Å². The van der Waals surface area contributed by atoms with E-state index < -0.39 is 0 Å². The molecule has 1 saturated carbocycles. The first kappa shape index (κ1) is 15.2. The van der Waals surface area contributed by atoms with E-state index in [1.165, 1.54) is 61.7 Å². The Kier molecular flexibility index (Phi) is 4.57. The Morgan fingerprint density at radius 1 is 1.23 bits per heavy atom. The summed E-state index contributed by atoms with van der Waals surface area (Å²) in [5.41, 5.74) is 3.57. The van der Waals surface area contributed by atoms with Gasteiger partial charge in [0.05, 0.1) is 7.11 Å². The predicted octanol–water partition coefficient (Wildman–Crippen LogP) is 4.07. The van der Waals surface area contributed by atoms with Gasteiger partial charge in [-0.2, -0.15) is 0 Å². The first-order valence-corrected chi connectivity index (χ1v) is 8.74. The zero-order chi connectivity index (χ0) is 15.5. The van der Waals surface area contributed by atoms with Crippen LogP contribution in [-0.4, -0.2) is 13.1 Å². The monoisotopic (exact) mass is 316 g/mol. The van der Waals surface area contributed by atoms with E-state index in [2.05, 4.69) is 30.1 Å². The molecule has 116 valence electrons. The Bertz CT molecular complexity index is 671. The third-order valence-corrected chi connectivity index (χ3v) is 5.40. The number of carbonyl (C=O) groups excluding carboxylic acids is 1. The second-order valence-electron chi connectivity index (χ2n) is 5.97. The number of thiophene rings is 1. The predicted molar refractivity (Wildman–Crippen MR) is 88.1 cm³/mol. The number of aryl methyl sites for hydroxylation is 1. The molecule has 3 nitrogen and oxygen atoms in total. The number of pyridine rings is 1. The highest BCUT2D eigenvalue weighted by molar-refractivity contribution is 7.12. The largest absolute Gasteiger partial charge is 0.465 e. The van der Waals surface area contributed by atoms with Crippen molar-refractivity contribution in [3.63, 3.8) is 0 Å². The van der Waals surface area contributed by atoms with E-state index in [-0.39, 0.29) is 5.97 Å². The number of esters is 1. The summed E-state index contributed by atoms with van der Waals surface area (Å²) in [6.07, 6.45) is 10.7. The summed E-state index contributed by atoms with van der Waals surface area (Å²) < 4.78 is 7.04. The number of aromatic nitrogens is 1. The van der Waals surface area contributed by atoms with Gasteiger partial charge in [0.15, 0.2) is 12.4 Å². The molecule has 0 aliphatic heterocycles. The molecule has 0 spiro atoms. The van der Waals surface area contributed by atoms with Crippen LogP contribution in [0.1, 0.15) is 53.3 Å². The Morgan fingerprint density at radius 3 is 2.73 bits per heavy atom. The fraction of sp³-hybridized carbons (Fsp3) is 0.444. The first-order chi connectivity index (χ1) is 10.7. The number of nitrogens with zero attached hydrogens (tertiary/aromatic N) is 1. The van der Waals surface area contributed by atoms with Crippen molar-refractivity contribution < 1.29 is 14.1 Å². The summed E-state index contributed by atoms with van der Waals surface area (Å²) in [5.74, 6) is 0.356. The van der Waals surface area contributed by atoms with E-state index in [9.17, 15) is 4.79 Å². The lowest BCUT2D eigenvalue weighted by Gasteiger charge is -2.23. The number of hydrogen-bond donors (Lipinski definition) is 0. The molecule has 0 saturated heterocycles. The highest BCUT2D eigenvalue weighted by Crippen LogP contribution is 2.39. The highest BCUT2D eigenvalue weighted by Gasteiger charge is 2.24. The molecule has 2 aromatic rings. The molecule has 1 aliphatic carbocycles. The number of ether oxygens (including phenoxy) is 1. The lowest BCUT2D eigenvalue weighted by molar-refractivity contribution is -0.671. The minimum atomic E-state index is -0.243. The number of methoxy groups -OCH3 is 1.